The van der Waals surface area contributed by atoms with Gasteiger partial charge in [-0.05, 0) is 17.5 Å². The molecule has 0 saturated carbocycles. The third-order valence-electron chi connectivity index (χ3n) is 2.48. The van der Waals surface area contributed by atoms with E-state index in [0.29, 0.717) is 13.2 Å². The Morgan fingerprint density at radius 3 is 3.00 bits per heavy atom. The lowest BCUT2D eigenvalue weighted by Gasteiger charge is -2.08. The van der Waals surface area contributed by atoms with Gasteiger partial charge in [0.2, 0.25) is 0 Å². The van der Waals surface area contributed by atoms with Gasteiger partial charge >= 0.3 is 0 Å². The normalized spacial score (nSPS) is 12.6. The van der Waals surface area contributed by atoms with Crippen LogP contribution in [0.2, 0.25) is 0 Å². The van der Waals surface area contributed by atoms with Crippen LogP contribution in [0.4, 0.5) is 0 Å². The van der Waals surface area contributed by atoms with Gasteiger partial charge in [0, 0.05) is 18.4 Å². The number of alkyl halides is 1. The maximum Gasteiger partial charge on any atom is 0.261 e. The first-order valence-electron chi connectivity index (χ1n) is 5.60. The average Bonchev–Trinajstić information content (AvgIpc) is 2.80. The number of thiophene rings is 1. The van der Waals surface area contributed by atoms with Crippen LogP contribution in [0.25, 0.3) is 10.1 Å². The summed E-state index contributed by atoms with van der Waals surface area (Å²) in [6, 6.07) is 9.92. The Hall–Kier alpha value is -0.910. The number of ether oxygens (including phenoxy) is 1. The summed E-state index contributed by atoms with van der Waals surface area (Å²) in [5, 5.41) is 4.00. The van der Waals surface area contributed by atoms with Crippen molar-refractivity contribution >= 4 is 43.3 Å². The summed E-state index contributed by atoms with van der Waals surface area (Å²) < 4.78 is 6.13. The van der Waals surface area contributed by atoms with Gasteiger partial charge in [0.25, 0.3) is 5.91 Å². The minimum Gasteiger partial charge on any atom is -0.383 e. The van der Waals surface area contributed by atoms with Gasteiger partial charge in [0.1, 0.15) is 0 Å². The summed E-state index contributed by atoms with van der Waals surface area (Å²) in [6.45, 7) is 1.13. The molecule has 3 nitrogen and oxygen atoms in total. The minimum absolute atomic E-state index is 0.0308. The molecule has 18 heavy (non-hydrogen) atoms. The van der Waals surface area contributed by atoms with Gasteiger partial charge in [0.05, 0.1) is 16.3 Å². The molecule has 2 aromatic rings. The molecular weight excluding hydrogens is 314 g/mol. The van der Waals surface area contributed by atoms with Gasteiger partial charge < -0.3 is 10.1 Å². The number of nitrogens with one attached hydrogen (secondary N) is 1. The molecule has 1 atom stereocenters. The molecule has 0 saturated heterocycles. The van der Waals surface area contributed by atoms with E-state index >= 15 is 0 Å². The van der Waals surface area contributed by atoms with Gasteiger partial charge in [-0.15, -0.1) is 11.3 Å². The van der Waals surface area contributed by atoms with Crippen LogP contribution in [0.15, 0.2) is 30.3 Å². The zero-order valence-electron chi connectivity index (χ0n) is 9.98. The van der Waals surface area contributed by atoms with Gasteiger partial charge in [-0.2, -0.15) is 0 Å². The number of fused-ring (bicyclic) bond motifs is 1. The minimum atomic E-state index is -0.0308. The molecule has 0 fully saturated rings. The molecule has 96 valence electrons. The first-order chi connectivity index (χ1) is 8.70. The van der Waals surface area contributed by atoms with E-state index in [9.17, 15) is 4.79 Å². The van der Waals surface area contributed by atoms with Crippen LogP contribution in [0.5, 0.6) is 0 Å². The molecule has 0 spiro atoms. The molecule has 2 rings (SSSR count). The highest BCUT2D eigenvalue weighted by Crippen LogP contribution is 2.25. The fraction of sp³-hybridized carbons (Fsp3) is 0.308. The topological polar surface area (TPSA) is 38.3 Å². The molecular formula is C13H14BrNO2S. The summed E-state index contributed by atoms with van der Waals surface area (Å²) in [4.78, 5) is 12.8. The molecule has 1 aromatic heterocycles. The molecule has 1 heterocycles. The Kier molecular flexibility index (Phi) is 4.74. The number of amides is 1. The highest BCUT2D eigenvalue weighted by Gasteiger charge is 2.11. The molecule has 1 amide bonds. The predicted octanol–water partition coefficient (Wildman–Crippen LogP) is 3.04. The second-order valence-electron chi connectivity index (χ2n) is 3.91. The standard InChI is InChI=1S/C13H14BrNO2S/c1-17-8-10(14)7-15-13(16)12-6-9-4-2-3-5-11(9)18-12/h2-6,10H,7-8H2,1H3,(H,15,16). The molecule has 1 unspecified atom stereocenters. The van der Waals surface area contributed by atoms with Crippen LogP contribution in [-0.2, 0) is 4.74 Å². The van der Waals surface area contributed by atoms with E-state index in [0.717, 1.165) is 15.0 Å². The second-order valence-corrected chi connectivity index (χ2v) is 6.29. The van der Waals surface area contributed by atoms with Gasteiger partial charge in [-0.3, -0.25) is 4.79 Å². The first-order valence-corrected chi connectivity index (χ1v) is 7.33. The predicted molar refractivity (Wildman–Crippen MR) is 78.7 cm³/mol. The lowest BCUT2D eigenvalue weighted by atomic mass is 10.2. The SMILES string of the molecule is COCC(Br)CNC(=O)c1cc2ccccc2s1. The Morgan fingerprint density at radius 1 is 1.50 bits per heavy atom. The van der Waals surface area contributed by atoms with Gasteiger partial charge in [0.15, 0.2) is 0 Å². The maximum atomic E-state index is 12.0. The van der Waals surface area contributed by atoms with Crippen molar-refractivity contribution in [2.45, 2.75) is 4.83 Å². The number of rotatable bonds is 5. The number of carbonyl (C=O) groups is 1. The zero-order chi connectivity index (χ0) is 13.0. The van der Waals surface area contributed by atoms with E-state index in [2.05, 4.69) is 21.2 Å². The lowest BCUT2D eigenvalue weighted by molar-refractivity contribution is 0.0954. The highest BCUT2D eigenvalue weighted by molar-refractivity contribution is 9.09. The van der Waals surface area contributed by atoms with Crippen molar-refractivity contribution in [3.8, 4) is 0 Å². The van der Waals surface area contributed by atoms with E-state index < -0.39 is 0 Å². The third-order valence-corrected chi connectivity index (χ3v) is 4.18. The van der Waals surface area contributed by atoms with E-state index in [-0.39, 0.29) is 10.7 Å². The average molecular weight is 328 g/mol. The number of benzene rings is 1. The fourth-order valence-corrected chi connectivity index (χ4v) is 3.03. The largest absolute Gasteiger partial charge is 0.383 e. The Morgan fingerprint density at radius 2 is 2.28 bits per heavy atom. The summed E-state index contributed by atoms with van der Waals surface area (Å²) in [5.74, 6) is -0.0308. The van der Waals surface area contributed by atoms with Crippen molar-refractivity contribution < 1.29 is 9.53 Å². The van der Waals surface area contributed by atoms with Crippen molar-refractivity contribution in [3.63, 3.8) is 0 Å². The molecule has 0 aliphatic rings. The van der Waals surface area contributed by atoms with Crippen LogP contribution in [0.3, 0.4) is 0 Å². The van der Waals surface area contributed by atoms with E-state index in [1.54, 1.807) is 7.11 Å². The zero-order valence-corrected chi connectivity index (χ0v) is 12.4. The molecule has 1 aromatic carbocycles. The van der Waals surface area contributed by atoms with Crippen molar-refractivity contribution in [2.24, 2.45) is 0 Å². The summed E-state index contributed by atoms with van der Waals surface area (Å²) in [5.41, 5.74) is 0. The van der Waals surface area contributed by atoms with Gasteiger partial charge in [-0.1, -0.05) is 34.1 Å². The Bertz CT molecular complexity index is 508. The summed E-state index contributed by atoms with van der Waals surface area (Å²) in [7, 11) is 1.64. The lowest BCUT2D eigenvalue weighted by Crippen LogP contribution is -2.30. The Labute approximate surface area is 118 Å². The van der Waals surface area contributed by atoms with Crippen LogP contribution in [0.1, 0.15) is 9.67 Å². The number of carbonyl (C=O) groups excluding carboxylic acids is 1. The number of halogens is 1. The summed E-state index contributed by atoms with van der Waals surface area (Å²) >= 11 is 4.95. The molecule has 0 aliphatic heterocycles. The van der Waals surface area contributed by atoms with E-state index in [4.69, 9.17) is 4.74 Å². The van der Waals surface area contributed by atoms with Crippen molar-refractivity contribution in [3.05, 3.63) is 35.2 Å². The molecule has 0 radical (unpaired) electrons. The van der Waals surface area contributed by atoms with Crippen LogP contribution in [-0.4, -0.2) is 31.0 Å². The molecule has 0 aliphatic carbocycles. The van der Waals surface area contributed by atoms with Crippen LogP contribution in [0, 0.1) is 0 Å². The van der Waals surface area contributed by atoms with Gasteiger partial charge in [-0.25, -0.2) is 0 Å². The van der Waals surface area contributed by atoms with Crippen molar-refractivity contribution in [1.82, 2.24) is 5.32 Å². The van der Waals surface area contributed by atoms with Crippen LogP contribution >= 0.6 is 27.3 Å². The fourth-order valence-electron chi connectivity index (χ4n) is 1.62. The van der Waals surface area contributed by atoms with Crippen molar-refractivity contribution in [2.75, 3.05) is 20.3 Å². The monoisotopic (exact) mass is 327 g/mol. The van der Waals surface area contributed by atoms with Crippen LogP contribution < -0.4 is 5.32 Å². The summed E-state index contributed by atoms with van der Waals surface area (Å²) in [6.07, 6.45) is 0. The molecule has 5 heteroatoms. The third kappa shape index (κ3) is 3.31. The smallest absolute Gasteiger partial charge is 0.261 e. The first kappa shape index (κ1) is 13.5. The number of hydrogen-bond donors (Lipinski definition) is 1. The maximum absolute atomic E-state index is 12.0. The van der Waals surface area contributed by atoms with E-state index in [1.165, 1.54) is 11.3 Å². The highest BCUT2D eigenvalue weighted by atomic mass is 79.9. The Balaban J connectivity index is 2.00. The molecule has 1 N–H and O–H groups in total. The van der Waals surface area contributed by atoms with E-state index in [1.807, 2.05) is 30.3 Å². The number of methoxy groups -OCH3 is 1. The quantitative estimate of drug-likeness (QED) is 0.857. The second kappa shape index (κ2) is 6.31. The number of hydrogen-bond acceptors (Lipinski definition) is 3. The molecule has 0 bridgehead atoms. The van der Waals surface area contributed by atoms with Crippen molar-refractivity contribution in [1.29, 1.82) is 0 Å².